The minimum absolute atomic E-state index is 0.107. The molecule has 1 aromatic rings. The normalized spacial score (nSPS) is 11.9. The Hall–Kier alpha value is -1.91. The molecule has 5 heteroatoms. The Balaban J connectivity index is 2.59. The smallest absolute Gasteiger partial charge is 0.239 e. The largest absolute Gasteiger partial charge is 0.368 e. The molecular formula is C11H13FN2O2. The van der Waals surface area contributed by atoms with Gasteiger partial charge in [0.15, 0.2) is 0 Å². The van der Waals surface area contributed by atoms with Crippen LogP contribution < -0.4 is 11.1 Å². The van der Waals surface area contributed by atoms with Crippen molar-refractivity contribution in [1.29, 1.82) is 0 Å². The number of hydrogen-bond donors (Lipinski definition) is 2. The van der Waals surface area contributed by atoms with Crippen molar-refractivity contribution in [3.8, 4) is 0 Å². The van der Waals surface area contributed by atoms with Crippen molar-refractivity contribution in [1.82, 2.24) is 5.32 Å². The van der Waals surface area contributed by atoms with E-state index in [0.717, 1.165) is 0 Å². The SMILES string of the molecule is CC(NC(=O)Cc1ccccc1F)C(N)=O. The molecule has 16 heavy (non-hydrogen) atoms. The number of primary amides is 1. The fourth-order valence-electron chi connectivity index (χ4n) is 1.18. The van der Waals surface area contributed by atoms with Crippen LogP contribution in [0.25, 0.3) is 0 Å². The highest BCUT2D eigenvalue weighted by Gasteiger charge is 2.13. The summed E-state index contributed by atoms with van der Waals surface area (Å²) in [7, 11) is 0. The minimum Gasteiger partial charge on any atom is -0.368 e. The quantitative estimate of drug-likeness (QED) is 0.775. The molecule has 1 unspecified atom stereocenters. The van der Waals surface area contributed by atoms with Crippen molar-refractivity contribution in [2.75, 3.05) is 0 Å². The van der Waals surface area contributed by atoms with Crippen molar-refractivity contribution < 1.29 is 14.0 Å². The van der Waals surface area contributed by atoms with E-state index in [2.05, 4.69) is 5.32 Å². The molecule has 0 saturated carbocycles. The van der Waals surface area contributed by atoms with E-state index >= 15 is 0 Å². The third-order valence-electron chi connectivity index (χ3n) is 2.11. The maximum Gasteiger partial charge on any atom is 0.239 e. The van der Waals surface area contributed by atoms with Crippen LogP contribution in [0.4, 0.5) is 4.39 Å². The summed E-state index contributed by atoms with van der Waals surface area (Å²) in [6.07, 6.45) is -0.107. The van der Waals surface area contributed by atoms with Crippen LogP contribution in [0, 0.1) is 5.82 Å². The first-order valence-corrected chi connectivity index (χ1v) is 4.83. The van der Waals surface area contributed by atoms with E-state index in [9.17, 15) is 14.0 Å². The van der Waals surface area contributed by atoms with Crippen molar-refractivity contribution in [2.24, 2.45) is 5.73 Å². The summed E-state index contributed by atoms with van der Waals surface area (Å²) in [6.45, 7) is 1.47. The number of benzene rings is 1. The van der Waals surface area contributed by atoms with E-state index in [4.69, 9.17) is 5.73 Å². The zero-order valence-electron chi connectivity index (χ0n) is 8.87. The molecule has 0 aliphatic carbocycles. The summed E-state index contributed by atoms with van der Waals surface area (Å²) < 4.78 is 13.2. The van der Waals surface area contributed by atoms with Gasteiger partial charge in [0.05, 0.1) is 6.42 Å². The van der Waals surface area contributed by atoms with E-state index in [1.807, 2.05) is 0 Å². The van der Waals surface area contributed by atoms with Gasteiger partial charge in [-0.15, -0.1) is 0 Å². The van der Waals surface area contributed by atoms with Crippen molar-refractivity contribution in [3.63, 3.8) is 0 Å². The number of hydrogen-bond acceptors (Lipinski definition) is 2. The molecule has 0 fully saturated rings. The van der Waals surface area contributed by atoms with E-state index in [0.29, 0.717) is 0 Å². The fourth-order valence-corrected chi connectivity index (χ4v) is 1.18. The Bertz CT molecular complexity index is 407. The van der Waals surface area contributed by atoms with E-state index in [-0.39, 0.29) is 12.0 Å². The average molecular weight is 224 g/mol. The summed E-state index contributed by atoms with van der Waals surface area (Å²) in [6, 6.07) is 5.23. The van der Waals surface area contributed by atoms with E-state index < -0.39 is 23.7 Å². The maximum atomic E-state index is 13.2. The summed E-state index contributed by atoms with van der Waals surface area (Å²) in [5.74, 6) is -1.50. The first-order valence-electron chi connectivity index (χ1n) is 4.83. The number of carbonyl (C=O) groups excluding carboxylic acids is 2. The van der Waals surface area contributed by atoms with Crippen molar-refractivity contribution in [2.45, 2.75) is 19.4 Å². The zero-order chi connectivity index (χ0) is 12.1. The number of rotatable bonds is 4. The van der Waals surface area contributed by atoms with E-state index in [1.165, 1.54) is 19.1 Å². The third-order valence-corrected chi connectivity index (χ3v) is 2.11. The molecule has 0 spiro atoms. The molecule has 0 aliphatic rings. The van der Waals surface area contributed by atoms with Gasteiger partial charge in [0.2, 0.25) is 11.8 Å². The molecule has 1 aromatic carbocycles. The Morgan fingerprint density at radius 3 is 2.62 bits per heavy atom. The van der Waals surface area contributed by atoms with Crippen molar-refractivity contribution >= 4 is 11.8 Å². The predicted molar refractivity (Wildman–Crippen MR) is 56.9 cm³/mol. The predicted octanol–water partition coefficient (Wildman–Crippen LogP) is 0.358. The first-order chi connectivity index (χ1) is 7.50. The highest BCUT2D eigenvalue weighted by molar-refractivity contribution is 5.87. The molecule has 1 rings (SSSR count). The minimum atomic E-state index is -0.751. The Labute approximate surface area is 92.6 Å². The third kappa shape index (κ3) is 3.34. The van der Waals surface area contributed by atoms with Gasteiger partial charge in [0, 0.05) is 0 Å². The second-order valence-corrected chi connectivity index (χ2v) is 3.46. The molecule has 0 aromatic heterocycles. The van der Waals surface area contributed by atoms with Crippen LogP contribution >= 0.6 is 0 Å². The number of nitrogens with one attached hydrogen (secondary N) is 1. The van der Waals surface area contributed by atoms with Gasteiger partial charge >= 0.3 is 0 Å². The molecule has 0 aliphatic heterocycles. The van der Waals surface area contributed by atoms with Crippen LogP contribution in [0.2, 0.25) is 0 Å². The molecule has 0 saturated heterocycles. The molecule has 2 amide bonds. The van der Waals surface area contributed by atoms with Crippen molar-refractivity contribution in [3.05, 3.63) is 35.6 Å². The second-order valence-electron chi connectivity index (χ2n) is 3.46. The Morgan fingerprint density at radius 2 is 2.06 bits per heavy atom. The van der Waals surface area contributed by atoms with Gasteiger partial charge in [0.1, 0.15) is 11.9 Å². The van der Waals surface area contributed by atoms with Crippen LogP contribution in [0.1, 0.15) is 12.5 Å². The zero-order valence-corrected chi connectivity index (χ0v) is 8.87. The van der Waals surface area contributed by atoms with Crippen LogP contribution in [-0.4, -0.2) is 17.9 Å². The molecule has 86 valence electrons. The molecule has 0 bridgehead atoms. The van der Waals surface area contributed by atoms with E-state index in [1.54, 1.807) is 12.1 Å². The summed E-state index contributed by atoms with van der Waals surface area (Å²) in [5, 5.41) is 2.37. The van der Waals surface area contributed by atoms with Crippen LogP contribution in [0.3, 0.4) is 0 Å². The summed E-state index contributed by atoms with van der Waals surface area (Å²) in [5.41, 5.74) is 5.27. The summed E-state index contributed by atoms with van der Waals surface area (Å²) in [4.78, 5) is 22.1. The van der Waals surface area contributed by atoms with Gasteiger partial charge in [0.25, 0.3) is 0 Å². The van der Waals surface area contributed by atoms with Gasteiger partial charge < -0.3 is 11.1 Å². The number of carbonyl (C=O) groups is 2. The molecule has 0 radical (unpaired) electrons. The lowest BCUT2D eigenvalue weighted by Gasteiger charge is -2.10. The number of nitrogens with two attached hydrogens (primary N) is 1. The standard InChI is InChI=1S/C11H13FN2O2/c1-7(11(13)16)14-10(15)6-8-4-2-3-5-9(8)12/h2-5,7H,6H2,1H3,(H2,13,16)(H,14,15). The topological polar surface area (TPSA) is 72.2 Å². The van der Waals surface area contributed by atoms with Crippen LogP contribution in [-0.2, 0) is 16.0 Å². The fraction of sp³-hybridized carbons (Fsp3) is 0.273. The number of halogens is 1. The molecule has 0 heterocycles. The highest BCUT2D eigenvalue weighted by Crippen LogP contribution is 2.06. The number of amides is 2. The lowest BCUT2D eigenvalue weighted by Crippen LogP contribution is -2.42. The Morgan fingerprint density at radius 1 is 1.44 bits per heavy atom. The van der Waals surface area contributed by atoms with Gasteiger partial charge in [-0.2, -0.15) is 0 Å². The lowest BCUT2D eigenvalue weighted by atomic mass is 10.1. The van der Waals surface area contributed by atoms with Gasteiger partial charge in [-0.25, -0.2) is 4.39 Å². The van der Waals surface area contributed by atoms with Crippen LogP contribution in [0.15, 0.2) is 24.3 Å². The lowest BCUT2D eigenvalue weighted by molar-refractivity contribution is -0.126. The molecule has 1 atom stereocenters. The Kier molecular flexibility index (Phi) is 3.99. The summed E-state index contributed by atoms with van der Waals surface area (Å²) >= 11 is 0. The maximum absolute atomic E-state index is 13.2. The van der Waals surface area contributed by atoms with Gasteiger partial charge in [-0.3, -0.25) is 9.59 Å². The van der Waals surface area contributed by atoms with Crippen LogP contribution in [0.5, 0.6) is 0 Å². The average Bonchev–Trinajstić information content (AvgIpc) is 2.21. The molecule has 4 nitrogen and oxygen atoms in total. The second kappa shape index (κ2) is 5.25. The molecular weight excluding hydrogens is 211 g/mol. The van der Waals surface area contributed by atoms with Gasteiger partial charge in [-0.05, 0) is 18.6 Å². The molecule has 3 N–H and O–H groups in total. The highest BCUT2D eigenvalue weighted by atomic mass is 19.1. The first kappa shape index (κ1) is 12.2. The monoisotopic (exact) mass is 224 g/mol. The van der Waals surface area contributed by atoms with Gasteiger partial charge in [-0.1, -0.05) is 18.2 Å².